The Hall–Kier alpha value is -2.37. The number of carbonyl (C=O) groups excluding carboxylic acids is 1. The van der Waals surface area contributed by atoms with Gasteiger partial charge in [0.15, 0.2) is 0 Å². The minimum absolute atomic E-state index is 0.159. The van der Waals surface area contributed by atoms with Gasteiger partial charge in [-0.05, 0) is 51.7 Å². The molecule has 1 aliphatic heterocycles. The number of amides is 1. The van der Waals surface area contributed by atoms with E-state index in [-0.39, 0.29) is 22.9 Å². The predicted molar refractivity (Wildman–Crippen MR) is 106 cm³/mol. The van der Waals surface area contributed by atoms with Crippen LogP contribution in [0.25, 0.3) is 0 Å². The van der Waals surface area contributed by atoms with Gasteiger partial charge in [-0.15, -0.1) is 0 Å². The van der Waals surface area contributed by atoms with E-state index in [1.165, 1.54) is 0 Å². The Labute approximate surface area is 160 Å². The first-order chi connectivity index (χ1) is 12.8. The van der Waals surface area contributed by atoms with Crippen LogP contribution in [0.2, 0.25) is 0 Å². The van der Waals surface area contributed by atoms with Crippen LogP contribution in [0.3, 0.4) is 0 Å². The van der Waals surface area contributed by atoms with Gasteiger partial charge in [0.25, 0.3) is 11.5 Å². The number of likely N-dealkylation sites (tertiary alicyclic amines) is 1. The van der Waals surface area contributed by atoms with Crippen molar-refractivity contribution in [1.29, 1.82) is 0 Å². The van der Waals surface area contributed by atoms with Gasteiger partial charge >= 0.3 is 0 Å². The lowest BCUT2D eigenvalue weighted by molar-refractivity contribution is 0.0700. The first-order valence-electron chi connectivity index (χ1n) is 9.86. The Balaban J connectivity index is 1.88. The largest absolute Gasteiger partial charge is 0.338 e. The van der Waals surface area contributed by atoms with Gasteiger partial charge in [-0.1, -0.05) is 6.92 Å². The molecule has 0 aliphatic carbocycles. The molecule has 0 bridgehead atoms. The Kier molecular flexibility index (Phi) is 5.53. The maximum atomic E-state index is 13.1. The van der Waals surface area contributed by atoms with Crippen molar-refractivity contribution in [3.63, 3.8) is 0 Å². The summed E-state index contributed by atoms with van der Waals surface area (Å²) in [5, 5.41) is 0. The fourth-order valence-electron chi connectivity index (χ4n) is 4.22. The van der Waals surface area contributed by atoms with Crippen molar-refractivity contribution in [3.05, 3.63) is 51.5 Å². The highest BCUT2D eigenvalue weighted by Gasteiger charge is 2.30. The van der Waals surface area contributed by atoms with Crippen LogP contribution in [0.4, 0.5) is 0 Å². The van der Waals surface area contributed by atoms with Gasteiger partial charge in [0.2, 0.25) is 0 Å². The highest BCUT2D eigenvalue weighted by molar-refractivity contribution is 5.94. The Morgan fingerprint density at radius 2 is 2.11 bits per heavy atom. The van der Waals surface area contributed by atoms with Crippen molar-refractivity contribution in [1.82, 2.24) is 19.0 Å². The van der Waals surface area contributed by atoms with Crippen LogP contribution < -0.4 is 5.56 Å². The van der Waals surface area contributed by atoms with Crippen molar-refractivity contribution in [2.45, 2.75) is 58.9 Å². The molecule has 1 saturated heterocycles. The smallest absolute Gasteiger partial charge is 0.263 e. The zero-order chi connectivity index (χ0) is 19.7. The van der Waals surface area contributed by atoms with Gasteiger partial charge in [-0.3, -0.25) is 9.59 Å². The van der Waals surface area contributed by atoms with E-state index in [2.05, 4.69) is 23.4 Å². The van der Waals surface area contributed by atoms with Gasteiger partial charge in [0.05, 0.1) is 0 Å². The molecule has 3 rings (SSSR count). The lowest BCUT2D eigenvalue weighted by Gasteiger charge is -2.33. The number of carbonyl (C=O) groups is 1. The summed E-state index contributed by atoms with van der Waals surface area (Å²) in [5.41, 5.74) is 2.05. The third-order valence-electron chi connectivity index (χ3n) is 5.65. The summed E-state index contributed by atoms with van der Waals surface area (Å²) >= 11 is 0. The van der Waals surface area contributed by atoms with Gasteiger partial charge in [-0.2, -0.15) is 0 Å². The summed E-state index contributed by atoms with van der Waals surface area (Å²) in [4.78, 5) is 32.3. The summed E-state index contributed by atoms with van der Waals surface area (Å²) in [6, 6.07) is 2.10. The second kappa shape index (κ2) is 7.71. The highest BCUT2D eigenvalue weighted by Crippen LogP contribution is 2.28. The standard InChI is InChI=1S/C21H30N4O2/c1-6-18-15(4)12-17(20(26)23(18)5)21(27)24-10-7-8-16(13-24)19-22-9-11-25(19)14(2)3/h9,11-12,14,16H,6-8,10,13H2,1-5H3/t16-/m1/s1. The minimum Gasteiger partial charge on any atom is -0.338 e. The number of aromatic nitrogens is 3. The highest BCUT2D eigenvalue weighted by atomic mass is 16.2. The van der Waals surface area contributed by atoms with Crippen molar-refractivity contribution in [2.24, 2.45) is 7.05 Å². The molecule has 6 nitrogen and oxygen atoms in total. The lowest BCUT2D eigenvalue weighted by atomic mass is 9.96. The molecule has 2 aromatic heterocycles. The van der Waals surface area contributed by atoms with Crippen LogP contribution in [0.5, 0.6) is 0 Å². The van der Waals surface area contributed by atoms with E-state index >= 15 is 0 Å². The third-order valence-corrected chi connectivity index (χ3v) is 5.65. The van der Waals surface area contributed by atoms with Crippen LogP contribution in [-0.4, -0.2) is 38.0 Å². The number of hydrogen-bond donors (Lipinski definition) is 0. The molecule has 1 amide bonds. The van der Waals surface area contributed by atoms with Crippen LogP contribution in [0.15, 0.2) is 23.3 Å². The van der Waals surface area contributed by atoms with E-state index in [4.69, 9.17) is 0 Å². The van der Waals surface area contributed by atoms with E-state index < -0.39 is 0 Å². The monoisotopic (exact) mass is 370 g/mol. The molecule has 27 heavy (non-hydrogen) atoms. The van der Waals surface area contributed by atoms with E-state index in [0.717, 1.165) is 36.3 Å². The Morgan fingerprint density at radius 1 is 1.37 bits per heavy atom. The molecule has 0 saturated carbocycles. The number of rotatable bonds is 4. The van der Waals surface area contributed by atoms with Crippen LogP contribution in [0.1, 0.15) is 73.0 Å². The maximum absolute atomic E-state index is 13.1. The molecule has 2 aromatic rings. The van der Waals surface area contributed by atoms with Crippen molar-refractivity contribution in [2.75, 3.05) is 13.1 Å². The van der Waals surface area contributed by atoms with E-state index in [1.807, 2.05) is 31.1 Å². The summed E-state index contributed by atoms with van der Waals surface area (Å²) < 4.78 is 3.80. The molecule has 1 atom stereocenters. The van der Waals surface area contributed by atoms with E-state index in [0.29, 0.717) is 19.1 Å². The fourth-order valence-corrected chi connectivity index (χ4v) is 4.22. The topological polar surface area (TPSA) is 60.1 Å². The number of nitrogens with zero attached hydrogens (tertiary/aromatic N) is 4. The van der Waals surface area contributed by atoms with Crippen LogP contribution >= 0.6 is 0 Å². The molecule has 3 heterocycles. The number of hydrogen-bond acceptors (Lipinski definition) is 3. The van der Waals surface area contributed by atoms with Crippen molar-refractivity contribution < 1.29 is 4.79 Å². The molecule has 0 spiro atoms. The third kappa shape index (κ3) is 3.57. The number of aryl methyl sites for hydroxylation is 1. The van der Waals surface area contributed by atoms with Crippen LogP contribution in [0, 0.1) is 6.92 Å². The number of pyridine rings is 1. The average molecular weight is 370 g/mol. The molecule has 0 N–H and O–H groups in total. The minimum atomic E-state index is -0.201. The van der Waals surface area contributed by atoms with Gasteiger partial charge in [-0.25, -0.2) is 4.98 Å². The Bertz CT molecular complexity index is 894. The zero-order valence-corrected chi connectivity index (χ0v) is 17.0. The molecule has 6 heteroatoms. The summed E-state index contributed by atoms with van der Waals surface area (Å²) in [5.74, 6) is 1.08. The predicted octanol–water partition coefficient (Wildman–Crippen LogP) is 3.05. The maximum Gasteiger partial charge on any atom is 0.263 e. The van der Waals surface area contributed by atoms with E-state index in [9.17, 15) is 9.59 Å². The molecular formula is C21H30N4O2. The molecule has 0 unspecified atom stereocenters. The van der Waals surface area contributed by atoms with Crippen molar-refractivity contribution >= 4 is 5.91 Å². The quantitative estimate of drug-likeness (QED) is 0.831. The number of piperidine rings is 1. The second-order valence-corrected chi connectivity index (χ2v) is 7.78. The van der Waals surface area contributed by atoms with Crippen molar-refractivity contribution in [3.8, 4) is 0 Å². The van der Waals surface area contributed by atoms with E-state index in [1.54, 1.807) is 17.7 Å². The molecular weight excluding hydrogens is 340 g/mol. The normalized spacial score (nSPS) is 17.6. The molecule has 1 fully saturated rings. The SMILES string of the molecule is CCc1c(C)cc(C(=O)N2CCC[C@@H](c3nccn3C(C)C)C2)c(=O)n1C. The summed E-state index contributed by atoms with van der Waals surface area (Å²) in [7, 11) is 1.75. The van der Waals surface area contributed by atoms with Gasteiger partial charge in [0.1, 0.15) is 11.4 Å². The van der Waals surface area contributed by atoms with Gasteiger partial charge < -0.3 is 14.0 Å². The fraction of sp³-hybridized carbons (Fsp3) is 0.571. The summed E-state index contributed by atoms with van der Waals surface area (Å²) in [6.07, 6.45) is 6.55. The van der Waals surface area contributed by atoms with Gasteiger partial charge in [0, 0.05) is 50.2 Å². The first-order valence-corrected chi connectivity index (χ1v) is 9.86. The zero-order valence-electron chi connectivity index (χ0n) is 17.0. The second-order valence-electron chi connectivity index (χ2n) is 7.78. The lowest BCUT2D eigenvalue weighted by Crippen LogP contribution is -2.42. The Morgan fingerprint density at radius 3 is 2.78 bits per heavy atom. The molecule has 1 aliphatic rings. The molecule has 0 radical (unpaired) electrons. The average Bonchev–Trinajstić information content (AvgIpc) is 3.15. The molecule has 146 valence electrons. The molecule has 0 aromatic carbocycles. The number of imidazole rings is 1. The van der Waals surface area contributed by atoms with Crippen LogP contribution in [-0.2, 0) is 13.5 Å². The summed E-state index contributed by atoms with van der Waals surface area (Å²) in [6.45, 7) is 9.57. The first kappa shape index (κ1) is 19.4.